The van der Waals surface area contributed by atoms with Crippen LogP contribution in [0.4, 0.5) is 0 Å². The summed E-state index contributed by atoms with van der Waals surface area (Å²) in [4.78, 5) is 11.7. The molecule has 0 aliphatic heterocycles. The Kier molecular flexibility index (Phi) is 4.21. The molecule has 2 heteroatoms. The van der Waals surface area contributed by atoms with Gasteiger partial charge in [-0.1, -0.05) is 38.1 Å². The van der Waals surface area contributed by atoms with Gasteiger partial charge in [0.15, 0.2) is 5.78 Å². The maximum Gasteiger partial charge on any atom is 0.166 e. The maximum atomic E-state index is 11.7. The zero-order chi connectivity index (χ0) is 10.6. The number of thiol groups is 1. The number of rotatable bonds is 4. The van der Waals surface area contributed by atoms with Crippen LogP contribution in [0.3, 0.4) is 0 Å². The molecule has 0 fully saturated rings. The highest BCUT2D eigenvalue weighted by Gasteiger charge is 2.12. The van der Waals surface area contributed by atoms with Gasteiger partial charge < -0.3 is 0 Å². The minimum atomic E-state index is 0.00538. The number of carbonyl (C=O) groups excluding carboxylic acids is 1. The predicted molar refractivity (Wildman–Crippen MR) is 63.2 cm³/mol. The molecule has 0 N–H and O–H groups in total. The fourth-order valence-corrected chi connectivity index (χ4v) is 1.44. The lowest BCUT2D eigenvalue weighted by Gasteiger charge is -2.07. The number of hydrogen-bond donors (Lipinski definition) is 1. The second-order valence-electron chi connectivity index (χ2n) is 3.50. The first-order valence-corrected chi connectivity index (χ1v) is 5.56. The molecular weight excluding hydrogens is 192 g/mol. The third kappa shape index (κ3) is 2.61. The van der Waals surface area contributed by atoms with E-state index in [0.29, 0.717) is 5.75 Å². The number of benzene rings is 1. The Balaban J connectivity index is 2.81. The van der Waals surface area contributed by atoms with Gasteiger partial charge >= 0.3 is 0 Å². The van der Waals surface area contributed by atoms with Crippen LogP contribution in [-0.4, -0.2) is 11.5 Å². The normalized spacial score (nSPS) is 12.5. The molecule has 0 bridgehead atoms. The molecule has 76 valence electrons. The molecule has 0 aliphatic carbocycles. The van der Waals surface area contributed by atoms with Gasteiger partial charge in [0.05, 0.1) is 0 Å². The van der Waals surface area contributed by atoms with Gasteiger partial charge in [-0.3, -0.25) is 4.79 Å². The fourth-order valence-electron chi connectivity index (χ4n) is 1.27. The maximum absolute atomic E-state index is 11.7. The Morgan fingerprint density at radius 3 is 2.36 bits per heavy atom. The second-order valence-corrected chi connectivity index (χ2v) is 3.86. The van der Waals surface area contributed by atoms with E-state index >= 15 is 0 Å². The number of ketones is 1. The van der Waals surface area contributed by atoms with Gasteiger partial charge in [0.25, 0.3) is 0 Å². The summed E-state index contributed by atoms with van der Waals surface area (Å²) in [6, 6.07) is 7.83. The number of aryl methyl sites for hydroxylation is 1. The van der Waals surface area contributed by atoms with Crippen molar-refractivity contribution >= 4 is 18.4 Å². The Morgan fingerprint density at radius 2 is 1.93 bits per heavy atom. The van der Waals surface area contributed by atoms with Crippen LogP contribution in [0.1, 0.15) is 29.8 Å². The van der Waals surface area contributed by atoms with E-state index in [1.54, 1.807) is 0 Å². The van der Waals surface area contributed by atoms with Crippen LogP contribution in [0.15, 0.2) is 24.3 Å². The van der Waals surface area contributed by atoms with Gasteiger partial charge in [-0.05, 0) is 12.0 Å². The van der Waals surface area contributed by atoms with Crippen molar-refractivity contribution in [3.05, 3.63) is 35.4 Å². The van der Waals surface area contributed by atoms with E-state index in [2.05, 4.69) is 19.6 Å². The summed E-state index contributed by atoms with van der Waals surface area (Å²) in [7, 11) is 0. The van der Waals surface area contributed by atoms with E-state index in [0.717, 1.165) is 12.0 Å². The molecule has 1 nitrogen and oxygen atoms in total. The minimum Gasteiger partial charge on any atom is -0.294 e. The van der Waals surface area contributed by atoms with Gasteiger partial charge in [0, 0.05) is 17.2 Å². The van der Waals surface area contributed by atoms with Crippen LogP contribution >= 0.6 is 12.6 Å². The van der Waals surface area contributed by atoms with Gasteiger partial charge in [-0.2, -0.15) is 12.6 Å². The van der Waals surface area contributed by atoms with Crippen LogP contribution in [0.25, 0.3) is 0 Å². The SMILES string of the molecule is CCc1ccc(C(=O)C(C)CS)cc1. The second kappa shape index (κ2) is 5.20. The van der Waals surface area contributed by atoms with Crippen molar-refractivity contribution in [3.63, 3.8) is 0 Å². The van der Waals surface area contributed by atoms with E-state index in [1.165, 1.54) is 5.56 Å². The molecule has 0 amide bonds. The molecule has 0 aromatic heterocycles. The molecular formula is C12H16OS. The molecule has 0 heterocycles. The van der Waals surface area contributed by atoms with Crippen molar-refractivity contribution in [2.45, 2.75) is 20.3 Å². The lowest BCUT2D eigenvalue weighted by molar-refractivity contribution is 0.0942. The van der Waals surface area contributed by atoms with Crippen LogP contribution in [0.2, 0.25) is 0 Å². The van der Waals surface area contributed by atoms with E-state index in [1.807, 2.05) is 31.2 Å². The smallest absolute Gasteiger partial charge is 0.166 e. The van der Waals surface area contributed by atoms with E-state index in [-0.39, 0.29) is 11.7 Å². The third-order valence-electron chi connectivity index (χ3n) is 2.37. The summed E-state index contributed by atoms with van der Waals surface area (Å²) in [5, 5.41) is 0. The predicted octanol–water partition coefficient (Wildman–Crippen LogP) is 3.00. The van der Waals surface area contributed by atoms with Gasteiger partial charge in [-0.25, -0.2) is 0 Å². The van der Waals surface area contributed by atoms with Crippen molar-refractivity contribution in [2.75, 3.05) is 5.75 Å². The Bertz CT molecular complexity index is 303. The van der Waals surface area contributed by atoms with Crippen molar-refractivity contribution in [3.8, 4) is 0 Å². The van der Waals surface area contributed by atoms with Crippen molar-refractivity contribution < 1.29 is 4.79 Å². The van der Waals surface area contributed by atoms with E-state index in [9.17, 15) is 4.79 Å². The van der Waals surface area contributed by atoms with Crippen LogP contribution in [0, 0.1) is 5.92 Å². The molecule has 14 heavy (non-hydrogen) atoms. The Hall–Kier alpha value is -0.760. The van der Waals surface area contributed by atoms with Crippen LogP contribution in [0.5, 0.6) is 0 Å². The van der Waals surface area contributed by atoms with Crippen LogP contribution in [-0.2, 0) is 6.42 Å². The molecule has 0 radical (unpaired) electrons. The van der Waals surface area contributed by atoms with Gasteiger partial charge in [0.2, 0.25) is 0 Å². The average molecular weight is 208 g/mol. The molecule has 1 aromatic rings. The highest BCUT2D eigenvalue weighted by atomic mass is 32.1. The zero-order valence-corrected chi connectivity index (χ0v) is 9.55. The first-order chi connectivity index (χ1) is 6.69. The van der Waals surface area contributed by atoms with Crippen molar-refractivity contribution in [1.29, 1.82) is 0 Å². The zero-order valence-electron chi connectivity index (χ0n) is 8.66. The fraction of sp³-hybridized carbons (Fsp3) is 0.417. The third-order valence-corrected chi connectivity index (χ3v) is 2.92. The molecule has 1 unspecified atom stereocenters. The Labute approximate surface area is 90.9 Å². The molecule has 1 aromatic carbocycles. The molecule has 0 saturated carbocycles. The topological polar surface area (TPSA) is 17.1 Å². The largest absolute Gasteiger partial charge is 0.294 e. The first kappa shape index (κ1) is 11.3. The number of carbonyl (C=O) groups is 1. The molecule has 1 rings (SSSR count). The summed E-state index contributed by atoms with van der Waals surface area (Å²) in [6.45, 7) is 4.01. The van der Waals surface area contributed by atoms with E-state index in [4.69, 9.17) is 0 Å². The van der Waals surface area contributed by atoms with E-state index < -0.39 is 0 Å². The monoisotopic (exact) mass is 208 g/mol. The van der Waals surface area contributed by atoms with Crippen molar-refractivity contribution in [2.24, 2.45) is 5.92 Å². The standard InChI is InChI=1S/C12H16OS/c1-3-10-4-6-11(7-5-10)12(13)9(2)8-14/h4-7,9,14H,3,8H2,1-2H3. The summed E-state index contributed by atoms with van der Waals surface area (Å²) >= 11 is 4.12. The molecule has 0 spiro atoms. The minimum absolute atomic E-state index is 0.00538. The van der Waals surface area contributed by atoms with Crippen LogP contribution < -0.4 is 0 Å². The first-order valence-electron chi connectivity index (χ1n) is 4.93. The summed E-state index contributed by atoms with van der Waals surface area (Å²) in [6.07, 6.45) is 1.01. The summed E-state index contributed by atoms with van der Waals surface area (Å²) in [5.41, 5.74) is 2.06. The molecule has 0 saturated heterocycles. The molecule has 1 atom stereocenters. The highest BCUT2D eigenvalue weighted by molar-refractivity contribution is 7.80. The Morgan fingerprint density at radius 1 is 1.36 bits per heavy atom. The van der Waals surface area contributed by atoms with Crippen molar-refractivity contribution in [1.82, 2.24) is 0 Å². The lowest BCUT2D eigenvalue weighted by Crippen LogP contribution is -2.12. The van der Waals surface area contributed by atoms with Gasteiger partial charge in [-0.15, -0.1) is 0 Å². The van der Waals surface area contributed by atoms with Gasteiger partial charge in [0.1, 0.15) is 0 Å². The number of hydrogen-bond acceptors (Lipinski definition) is 2. The molecule has 0 aliphatic rings. The number of Topliss-reactive ketones (excluding diaryl/α,β-unsaturated/α-hetero) is 1. The summed E-state index contributed by atoms with van der Waals surface area (Å²) in [5.74, 6) is 0.794. The lowest BCUT2D eigenvalue weighted by atomic mass is 9.99. The highest BCUT2D eigenvalue weighted by Crippen LogP contribution is 2.11. The average Bonchev–Trinajstić information content (AvgIpc) is 2.27. The summed E-state index contributed by atoms with van der Waals surface area (Å²) < 4.78 is 0. The quantitative estimate of drug-likeness (QED) is 0.594.